The summed E-state index contributed by atoms with van der Waals surface area (Å²) >= 11 is 4.40. The number of carbonyl (C=O) groups is 1. The molecular weight excluding hydrogens is 369 g/mol. The van der Waals surface area contributed by atoms with Crippen molar-refractivity contribution in [1.82, 2.24) is 15.5 Å². The second-order valence-electron chi connectivity index (χ2n) is 4.62. The molecule has 5 nitrogen and oxygen atoms in total. The summed E-state index contributed by atoms with van der Waals surface area (Å²) in [6.45, 7) is 3.21. The van der Waals surface area contributed by atoms with Crippen LogP contribution in [0.5, 0.6) is 5.75 Å². The van der Waals surface area contributed by atoms with Gasteiger partial charge in [-0.3, -0.25) is 4.79 Å². The highest BCUT2D eigenvalue weighted by molar-refractivity contribution is 8.03. The van der Waals surface area contributed by atoms with Crippen molar-refractivity contribution in [3.8, 4) is 5.75 Å². The monoisotopic (exact) mass is 387 g/mol. The fraction of sp³-hybridized carbons (Fsp3) is 0.400. The fourth-order valence-electron chi connectivity index (χ4n) is 1.58. The average Bonchev–Trinajstić information content (AvgIpc) is 3.04. The van der Waals surface area contributed by atoms with Crippen molar-refractivity contribution in [2.75, 3.05) is 24.7 Å². The number of aromatic nitrogens is 2. The Morgan fingerprint density at radius 3 is 2.67 bits per heavy atom. The Kier molecular flexibility index (Phi) is 8.34. The van der Waals surface area contributed by atoms with Crippen molar-refractivity contribution < 1.29 is 13.9 Å². The highest BCUT2D eigenvalue weighted by Gasteiger charge is 2.08. The van der Waals surface area contributed by atoms with Gasteiger partial charge >= 0.3 is 0 Å². The molecule has 0 aliphatic heterocycles. The number of amides is 1. The van der Waals surface area contributed by atoms with Gasteiger partial charge in [-0.2, -0.15) is 0 Å². The normalized spacial score (nSPS) is 10.6. The number of hydrogen-bond donors (Lipinski definition) is 1. The third-order valence-corrected chi connectivity index (χ3v) is 5.83. The Balaban J connectivity index is 1.64. The molecule has 1 amide bonds. The van der Waals surface area contributed by atoms with Gasteiger partial charge in [0, 0.05) is 12.3 Å². The average molecular weight is 388 g/mol. The predicted molar refractivity (Wildman–Crippen MR) is 96.6 cm³/mol. The van der Waals surface area contributed by atoms with Crippen molar-refractivity contribution in [2.45, 2.75) is 22.0 Å². The molecule has 130 valence electrons. The third-order valence-electron chi connectivity index (χ3n) is 2.68. The van der Waals surface area contributed by atoms with Crippen molar-refractivity contribution in [3.63, 3.8) is 0 Å². The molecule has 2 rings (SSSR count). The maximum Gasteiger partial charge on any atom is 0.230 e. The molecule has 1 aromatic heterocycles. The SMILES string of the molecule is CCCNC(=O)CSc1nnc(SCCOc2ccc(F)cc2)s1. The van der Waals surface area contributed by atoms with E-state index in [1.165, 1.54) is 35.2 Å². The van der Waals surface area contributed by atoms with E-state index >= 15 is 0 Å². The van der Waals surface area contributed by atoms with Crippen molar-refractivity contribution in [3.05, 3.63) is 30.1 Å². The quantitative estimate of drug-likeness (QED) is 0.497. The first kappa shape index (κ1) is 19.0. The standard InChI is InChI=1S/C15H18FN3O2S3/c1-2-7-17-13(20)10-23-15-19-18-14(24-15)22-9-8-21-12-5-3-11(16)4-6-12/h3-6H,2,7-10H2,1H3,(H,17,20). The molecule has 1 heterocycles. The van der Waals surface area contributed by atoms with Gasteiger partial charge in [0.1, 0.15) is 11.6 Å². The summed E-state index contributed by atoms with van der Waals surface area (Å²) in [5.74, 6) is 1.45. The molecule has 0 radical (unpaired) electrons. The molecule has 0 bridgehead atoms. The highest BCUT2D eigenvalue weighted by atomic mass is 32.2. The molecule has 2 aromatic rings. The number of benzene rings is 1. The lowest BCUT2D eigenvalue weighted by molar-refractivity contribution is -0.118. The second-order valence-corrected chi connectivity index (χ2v) is 8.17. The molecule has 0 aliphatic rings. The smallest absolute Gasteiger partial charge is 0.230 e. The van der Waals surface area contributed by atoms with Crippen LogP contribution in [0.4, 0.5) is 4.39 Å². The number of thioether (sulfide) groups is 2. The van der Waals surface area contributed by atoms with Gasteiger partial charge in [0.05, 0.1) is 12.4 Å². The van der Waals surface area contributed by atoms with E-state index < -0.39 is 0 Å². The van der Waals surface area contributed by atoms with E-state index in [9.17, 15) is 9.18 Å². The molecule has 9 heteroatoms. The highest BCUT2D eigenvalue weighted by Crippen LogP contribution is 2.28. The van der Waals surface area contributed by atoms with E-state index in [-0.39, 0.29) is 11.7 Å². The van der Waals surface area contributed by atoms with Gasteiger partial charge in [-0.1, -0.05) is 41.8 Å². The molecule has 1 N–H and O–H groups in total. The van der Waals surface area contributed by atoms with Gasteiger partial charge in [0.15, 0.2) is 8.68 Å². The zero-order chi connectivity index (χ0) is 17.2. The van der Waals surface area contributed by atoms with Crippen LogP contribution in [0, 0.1) is 5.82 Å². The van der Waals surface area contributed by atoms with Crippen LogP contribution in [0.3, 0.4) is 0 Å². The lowest BCUT2D eigenvalue weighted by atomic mass is 10.3. The predicted octanol–water partition coefficient (Wildman–Crippen LogP) is 3.47. The molecule has 0 atom stereocenters. The summed E-state index contributed by atoms with van der Waals surface area (Å²) in [5, 5.41) is 11.0. The molecule has 0 saturated heterocycles. The molecule has 0 aliphatic carbocycles. The van der Waals surface area contributed by atoms with Crippen molar-refractivity contribution >= 4 is 40.8 Å². The zero-order valence-electron chi connectivity index (χ0n) is 13.2. The van der Waals surface area contributed by atoms with E-state index in [1.54, 1.807) is 23.9 Å². The van der Waals surface area contributed by atoms with E-state index in [1.807, 2.05) is 6.92 Å². The summed E-state index contributed by atoms with van der Waals surface area (Å²) in [5.41, 5.74) is 0. The van der Waals surface area contributed by atoms with Gasteiger partial charge in [0.2, 0.25) is 5.91 Å². The van der Waals surface area contributed by atoms with Crippen LogP contribution in [0.25, 0.3) is 0 Å². The Morgan fingerprint density at radius 2 is 1.96 bits per heavy atom. The summed E-state index contributed by atoms with van der Waals surface area (Å²) in [6, 6.07) is 5.94. The Labute approximate surface area is 152 Å². The minimum atomic E-state index is -0.279. The van der Waals surface area contributed by atoms with E-state index in [0.717, 1.165) is 15.1 Å². The van der Waals surface area contributed by atoms with Crippen LogP contribution >= 0.6 is 34.9 Å². The van der Waals surface area contributed by atoms with Gasteiger partial charge in [-0.15, -0.1) is 10.2 Å². The number of rotatable bonds is 10. The minimum Gasteiger partial charge on any atom is -0.493 e. The molecule has 0 fully saturated rings. The largest absolute Gasteiger partial charge is 0.493 e. The van der Waals surface area contributed by atoms with Gasteiger partial charge < -0.3 is 10.1 Å². The first-order chi connectivity index (χ1) is 11.7. The summed E-state index contributed by atoms with van der Waals surface area (Å²) in [4.78, 5) is 11.5. The van der Waals surface area contributed by atoms with Gasteiger partial charge in [0.25, 0.3) is 0 Å². The van der Waals surface area contributed by atoms with E-state index in [2.05, 4.69) is 15.5 Å². The molecule has 1 aromatic carbocycles. The number of carbonyl (C=O) groups excluding carboxylic acids is 1. The van der Waals surface area contributed by atoms with Gasteiger partial charge in [-0.05, 0) is 30.7 Å². The maximum atomic E-state index is 12.8. The molecule has 0 saturated carbocycles. The van der Waals surface area contributed by atoms with Crippen LogP contribution < -0.4 is 10.1 Å². The van der Waals surface area contributed by atoms with E-state index in [0.29, 0.717) is 30.4 Å². The molecule has 24 heavy (non-hydrogen) atoms. The molecule has 0 unspecified atom stereocenters. The Morgan fingerprint density at radius 1 is 1.25 bits per heavy atom. The molecular formula is C15H18FN3O2S3. The maximum absolute atomic E-state index is 12.8. The Bertz CT molecular complexity index is 637. The second kappa shape index (κ2) is 10.5. The van der Waals surface area contributed by atoms with Crippen LogP contribution in [0.1, 0.15) is 13.3 Å². The number of hydrogen-bond acceptors (Lipinski definition) is 7. The van der Waals surface area contributed by atoms with Gasteiger partial charge in [-0.25, -0.2) is 4.39 Å². The molecule has 0 spiro atoms. The Hall–Kier alpha value is -1.32. The lowest BCUT2D eigenvalue weighted by Gasteiger charge is -2.04. The summed E-state index contributed by atoms with van der Waals surface area (Å²) < 4.78 is 19.9. The lowest BCUT2D eigenvalue weighted by Crippen LogP contribution is -2.25. The third kappa shape index (κ3) is 7.06. The number of nitrogens with zero attached hydrogens (tertiary/aromatic N) is 2. The minimum absolute atomic E-state index is 0.0129. The summed E-state index contributed by atoms with van der Waals surface area (Å²) in [7, 11) is 0. The van der Waals surface area contributed by atoms with Crippen LogP contribution in [-0.2, 0) is 4.79 Å². The topological polar surface area (TPSA) is 64.1 Å². The zero-order valence-corrected chi connectivity index (χ0v) is 15.6. The van der Waals surface area contributed by atoms with Crippen LogP contribution in [-0.4, -0.2) is 40.8 Å². The van der Waals surface area contributed by atoms with Crippen LogP contribution in [0.15, 0.2) is 32.9 Å². The van der Waals surface area contributed by atoms with E-state index in [4.69, 9.17) is 4.74 Å². The van der Waals surface area contributed by atoms with Crippen molar-refractivity contribution in [2.24, 2.45) is 0 Å². The first-order valence-electron chi connectivity index (χ1n) is 7.41. The van der Waals surface area contributed by atoms with Crippen LogP contribution in [0.2, 0.25) is 0 Å². The number of nitrogens with one attached hydrogen (secondary N) is 1. The van der Waals surface area contributed by atoms with Crippen molar-refractivity contribution in [1.29, 1.82) is 0 Å². The fourth-order valence-corrected chi connectivity index (χ4v) is 4.31. The first-order valence-corrected chi connectivity index (χ1v) is 10.2. The number of ether oxygens (including phenoxy) is 1. The summed E-state index contributed by atoms with van der Waals surface area (Å²) in [6.07, 6.45) is 0.927. The number of halogens is 1.